The molecule has 0 atom stereocenters. The fourth-order valence-corrected chi connectivity index (χ4v) is 3.78. The fraction of sp³-hybridized carbons (Fsp3) is 0.333. The summed E-state index contributed by atoms with van der Waals surface area (Å²) in [6, 6.07) is 8.88. The molecule has 0 radical (unpaired) electrons. The topological polar surface area (TPSA) is 61.0 Å². The van der Waals surface area contributed by atoms with Crippen LogP contribution in [0.4, 0.5) is 0 Å². The first-order chi connectivity index (χ1) is 13.5. The Labute approximate surface area is 174 Å². The molecular weight excluding hydrogens is 395 g/mol. The van der Waals surface area contributed by atoms with Crippen molar-refractivity contribution >= 4 is 34.1 Å². The highest BCUT2D eigenvalue weighted by Crippen LogP contribution is 2.33. The fourth-order valence-electron chi connectivity index (χ4n) is 3.17. The molecule has 0 aliphatic rings. The molecule has 7 heteroatoms. The summed E-state index contributed by atoms with van der Waals surface area (Å²) in [5, 5.41) is 5.12. The monoisotopic (exact) mass is 418 g/mol. The van der Waals surface area contributed by atoms with Gasteiger partial charge in [-0.2, -0.15) is 0 Å². The van der Waals surface area contributed by atoms with E-state index in [2.05, 4.69) is 34.0 Å². The number of nitrogens with zero attached hydrogens (tertiary/aromatic N) is 2. The minimum absolute atomic E-state index is 0.228. The number of rotatable bonds is 8. The molecule has 5 nitrogen and oxygen atoms in total. The van der Waals surface area contributed by atoms with Gasteiger partial charge in [-0.3, -0.25) is 9.78 Å². The van der Waals surface area contributed by atoms with Crippen LogP contribution in [0.1, 0.15) is 19.5 Å². The zero-order valence-corrected chi connectivity index (χ0v) is 17.6. The first-order valence-corrected chi connectivity index (χ1v) is 10.2. The molecule has 0 fully saturated rings. The maximum atomic E-state index is 12.6. The molecule has 0 aliphatic carbocycles. The van der Waals surface area contributed by atoms with Crippen LogP contribution in [-0.4, -0.2) is 41.0 Å². The Balaban J connectivity index is 1.80. The SMILES string of the molecule is CCN(CC)CCNCc1cc2[nH]c(=O)c(-c3c(Cl)cccc3Cl)cc2cn1. The van der Waals surface area contributed by atoms with Gasteiger partial charge in [-0.15, -0.1) is 0 Å². The van der Waals surface area contributed by atoms with Gasteiger partial charge in [-0.1, -0.05) is 43.1 Å². The van der Waals surface area contributed by atoms with Gasteiger partial charge in [0.05, 0.1) is 26.8 Å². The van der Waals surface area contributed by atoms with E-state index in [-0.39, 0.29) is 5.56 Å². The molecule has 3 rings (SSSR count). The zero-order valence-electron chi connectivity index (χ0n) is 16.1. The number of aromatic amines is 1. The second kappa shape index (κ2) is 9.52. The minimum atomic E-state index is -0.228. The van der Waals surface area contributed by atoms with E-state index < -0.39 is 0 Å². The molecule has 1 aromatic carbocycles. The van der Waals surface area contributed by atoms with Crippen LogP contribution in [0.2, 0.25) is 10.0 Å². The van der Waals surface area contributed by atoms with Crippen molar-refractivity contribution in [2.75, 3.05) is 26.2 Å². The molecule has 0 aliphatic heterocycles. The van der Waals surface area contributed by atoms with Crippen LogP contribution in [0, 0.1) is 0 Å². The number of pyridine rings is 2. The second-order valence-corrected chi connectivity index (χ2v) is 7.39. The molecule has 3 aromatic rings. The molecule has 0 amide bonds. The maximum Gasteiger partial charge on any atom is 0.256 e. The number of likely N-dealkylation sites (N-methyl/N-ethyl adjacent to an activating group) is 1. The maximum absolute atomic E-state index is 12.6. The van der Waals surface area contributed by atoms with E-state index >= 15 is 0 Å². The summed E-state index contributed by atoms with van der Waals surface area (Å²) >= 11 is 12.5. The second-order valence-electron chi connectivity index (χ2n) is 6.58. The molecule has 0 saturated heterocycles. The summed E-state index contributed by atoms with van der Waals surface area (Å²) in [6.07, 6.45) is 1.76. The van der Waals surface area contributed by atoms with Crippen molar-refractivity contribution in [2.24, 2.45) is 0 Å². The van der Waals surface area contributed by atoms with Gasteiger partial charge in [0.1, 0.15) is 0 Å². The lowest BCUT2D eigenvalue weighted by Crippen LogP contribution is -2.31. The van der Waals surface area contributed by atoms with E-state index in [1.165, 1.54) is 0 Å². The molecule has 28 heavy (non-hydrogen) atoms. The van der Waals surface area contributed by atoms with Crippen LogP contribution in [0.5, 0.6) is 0 Å². The average molecular weight is 419 g/mol. The zero-order chi connectivity index (χ0) is 20.1. The van der Waals surface area contributed by atoms with Crippen LogP contribution in [0.3, 0.4) is 0 Å². The largest absolute Gasteiger partial charge is 0.321 e. The Morgan fingerprint density at radius 2 is 1.86 bits per heavy atom. The summed E-state index contributed by atoms with van der Waals surface area (Å²) in [4.78, 5) is 22.4. The molecule has 0 bridgehead atoms. The van der Waals surface area contributed by atoms with E-state index in [0.717, 1.165) is 42.8 Å². The standard InChI is InChI=1S/C21H24Cl2N4O/c1-3-27(4-2)9-8-24-13-15-11-19-14(12-25-15)10-16(21(28)26-19)20-17(22)6-5-7-18(20)23/h5-7,10-12,24H,3-4,8-9,13H2,1-2H3,(H,26,28). The summed E-state index contributed by atoms with van der Waals surface area (Å²) in [5.74, 6) is 0. The normalized spacial score (nSPS) is 11.5. The van der Waals surface area contributed by atoms with Crippen molar-refractivity contribution in [3.8, 4) is 11.1 Å². The van der Waals surface area contributed by atoms with Gasteiger partial charge in [0.15, 0.2) is 0 Å². The molecule has 0 unspecified atom stereocenters. The summed E-state index contributed by atoms with van der Waals surface area (Å²) < 4.78 is 0. The predicted molar refractivity (Wildman–Crippen MR) is 117 cm³/mol. The van der Waals surface area contributed by atoms with Gasteiger partial charge in [0, 0.05) is 36.8 Å². The molecule has 2 heterocycles. The predicted octanol–water partition coefficient (Wildman–Crippen LogP) is 4.33. The number of fused-ring (bicyclic) bond motifs is 1. The van der Waals surface area contributed by atoms with Crippen molar-refractivity contribution < 1.29 is 0 Å². The van der Waals surface area contributed by atoms with Crippen LogP contribution >= 0.6 is 23.2 Å². The Hall–Kier alpha value is -1.92. The lowest BCUT2D eigenvalue weighted by molar-refractivity contribution is 0.302. The lowest BCUT2D eigenvalue weighted by Gasteiger charge is -2.17. The smallest absolute Gasteiger partial charge is 0.256 e. The molecule has 2 N–H and O–H groups in total. The molecule has 0 spiro atoms. The third-order valence-corrected chi connectivity index (χ3v) is 5.45. The molecule has 0 saturated carbocycles. The van der Waals surface area contributed by atoms with Crippen molar-refractivity contribution in [1.82, 2.24) is 20.2 Å². The van der Waals surface area contributed by atoms with E-state index in [9.17, 15) is 4.79 Å². The number of hydrogen-bond acceptors (Lipinski definition) is 4. The van der Waals surface area contributed by atoms with Gasteiger partial charge in [-0.05, 0) is 37.4 Å². The highest BCUT2D eigenvalue weighted by molar-refractivity contribution is 6.39. The van der Waals surface area contributed by atoms with Crippen LogP contribution in [0.25, 0.3) is 22.0 Å². The van der Waals surface area contributed by atoms with Crippen molar-refractivity contribution in [3.05, 3.63) is 62.6 Å². The van der Waals surface area contributed by atoms with E-state index in [1.807, 2.05) is 6.07 Å². The van der Waals surface area contributed by atoms with Gasteiger partial charge in [-0.25, -0.2) is 0 Å². The number of H-pyrrole nitrogens is 1. The van der Waals surface area contributed by atoms with Crippen molar-refractivity contribution in [2.45, 2.75) is 20.4 Å². The quantitative estimate of drug-likeness (QED) is 0.534. The number of aromatic nitrogens is 2. The van der Waals surface area contributed by atoms with Crippen LogP contribution in [0.15, 0.2) is 41.3 Å². The van der Waals surface area contributed by atoms with Crippen molar-refractivity contribution in [1.29, 1.82) is 0 Å². The lowest BCUT2D eigenvalue weighted by atomic mass is 10.1. The third-order valence-electron chi connectivity index (χ3n) is 4.82. The van der Waals surface area contributed by atoms with Crippen LogP contribution in [-0.2, 0) is 6.54 Å². The first-order valence-electron chi connectivity index (χ1n) is 9.42. The number of benzene rings is 1. The number of hydrogen-bond donors (Lipinski definition) is 2. The average Bonchev–Trinajstić information content (AvgIpc) is 2.68. The van der Waals surface area contributed by atoms with E-state index in [1.54, 1.807) is 30.5 Å². The summed E-state index contributed by atoms with van der Waals surface area (Å²) in [7, 11) is 0. The Morgan fingerprint density at radius 3 is 2.54 bits per heavy atom. The van der Waals surface area contributed by atoms with Gasteiger partial charge in [0.2, 0.25) is 0 Å². The number of halogens is 2. The Bertz CT molecular complexity index is 995. The highest BCUT2D eigenvalue weighted by atomic mass is 35.5. The third kappa shape index (κ3) is 4.73. The Morgan fingerprint density at radius 1 is 1.14 bits per heavy atom. The van der Waals surface area contributed by atoms with Gasteiger partial charge >= 0.3 is 0 Å². The summed E-state index contributed by atoms with van der Waals surface area (Å²) in [5.41, 5.74) is 2.37. The molecule has 2 aromatic heterocycles. The van der Waals surface area contributed by atoms with Crippen molar-refractivity contribution in [3.63, 3.8) is 0 Å². The molecule has 148 valence electrons. The van der Waals surface area contributed by atoms with E-state index in [0.29, 0.717) is 27.7 Å². The number of nitrogens with one attached hydrogen (secondary N) is 2. The van der Waals surface area contributed by atoms with Gasteiger partial charge < -0.3 is 15.2 Å². The summed E-state index contributed by atoms with van der Waals surface area (Å²) in [6.45, 7) is 8.96. The highest BCUT2D eigenvalue weighted by Gasteiger charge is 2.13. The van der Waals surface area contributed by atoms with Crippen LogP contribution < -0.4 is 10.9 Å². The Kier molecular flexibility index (Phi) is 7.08. The minimum Gasteiger partial charge on any atom is -0.321 e. The van der Waals surface area contributed by atoms with Gasteiger partial charge in [0.25, 0.3) is 5.56 Å². The van der Waals surface area contributed by atoms with E-state index in [4.69, 9.17) is 23.2 Å². The molecular formula is C21H24Cl2N4O. The first kappa shape index (κ1) is 20.8.